The summed E-state index contributed by atoms with van der Waals surface area (Å²) in [6, 6.07) is 13.4. The number of benzene rings is 2. The lowest BCUT2D eigenvalue weighted by atomic mass is 9.85. The molecule has 8 nitrogen and oxygen atoms in total. The Labute approximate surface area is 216 Å². The third-order valence-electron chi connectivity index (χ3n) is 8.16. The number of rotatable bonds is 6. The summed E-state index contributed by atoms with van der Waals surface area (Å²) >= 11 is 0. The van der Waals surface area contributed by atoms with E-state index in [-0.39, 0.29) is 37.1 Å². The summed E-state index contributed by atoms with van der Waals surface area (Å²) in [5, 5.41) is 20.1. The molecule has 37 heavy (non-hydrogen) atoms. The Morgan fingerprint density at radius 1 is 1.14 bits per heavy atom. The highest BCUT2D eigenvalue weighted by Crippen LogP contribution is 2.41. The Morgan fingerprint density at radius 3 is 2.62 bits per heavy atom. The van der Waals surface area contributed by atoms with Gasteiger partial charge in [-0.1, -0.05) is 36.8 Å². The molecule has 0 radical (unpaired) electrons. The van der Waals surface area contributed by atoms with Crippen LogP contribution in [0.5, 0.6) is 0 Å². The predicted molar refractivity (Wildman–Crippen MR) is 141 cm³/mol. The van der Waals surface area contributed by atoms with Gasteiger partial charge in [-0.15, -0.1) is 0 Å². The number of ether oxygens (including phenoxy) is 1. The van der Waals surface area contributed by atoms with Crippen LogP contribution in [-0.4, -0.2) is 51.6 Å². The summed E-state index contributed by atoms with van der Waals surface area (Å²) in [6.45, 7) is 2.17. The number of carboxylic acid groups (broad SMARTS) is 1. The SMILES string of the molecule is COC(=O)N1c2ccc3c(nc(CC(C(=O)O)c4ccccc4)n3[C@@H]3CCC[C@@H](CO)C3)c2CC[C@@H]1C. The quantitative estimate of drug-likeness (QED) is 0.484. The maximum Gasteiger partial charge on any atom is 0.414 e. The lowest BCUT2D eigenvalue weighted by molar-refractivity contribution is -0.138. The normalized spacial score (nSPS) is 22.5. The molecule has 8 heteroatoms. The number of nitrogens with zero attached hydrogens (tertiary/aromatic N) is 3. The Kier molecular flexibility index (Phi) is 7.20. The summed E-state index contributed by atoms with van der Waals surface area (Å²) in [5.74, 6) is -0.640. The largest absolute Gasteiger partial charge is 0.481 e. The zero-order valence-electron chi connectivity index (χ0n) is 21.5. The number of anilines is 1. The minimum absolute atomic E-state index is 0.0112. The number of amides is 1. The van der Waals surface area contributed by atoms with Crippen LogP contribution in [0.4, 0.5) is 10.5 Å². The van der Waals surface area contributed by atoms with Crippen LogP contribution >= 0.6 is 0 Å². The molecular formula is C29H35N3O5. The van der Waals surface area contributed by atoms with Gasteiger partial charge in [0.2, 0.25) is 0 Å². The minimum Gasteiger partial charge on any atom is -0.481 e. The first-order chi connectivity index (χ1) is 17.9. The highest BCUT2D eigenvalue weighted by Gasteiger charge is 2.34. The maximum absolute atomic E-state index is 12.6. The zero-order valence-corrected chi connectivity index (χ0v) is 21.5. The average molecular weight is 506 g/mol. The Balaban J connectivity index is 1.66. The number of imidazole rings is 1. The van der Waals surface area contributed by atoms with E-state index in [0.717, 1.165) is 72.2 Å². The monoisotopic (exact) mass is 505 g/mol. The van der Waals surface area contributed by atoms with Gasteiger partial charge in [0.1, 0.15) is 5.82 Å². The van der Waals surface area contributed by atoms with Crippen LogP contribution in [0, 0.1) is 5.92 Å². The van der Waals surface area contributed by atoms with Gasteiger partial charge >= 0.3 is 12.1 Å². The Hall–Kier alpha value is -3.39. The smallest absolute Gasteiger partial charge is 0.414 e. The van der Waals surface area contributed by atoms with E-state index in [0.29, 0.717) is 0 Å². The summed E-state index contributed by atoms with van der Waals surface area (Å²) in [6.07, 6.45) is 5.25. The number of hydrogen-bond donors (Lipinski definition) is 2. The first-order valence-electron chi connectivity index (χ1n) is 13.2. The third-order valence-corrected chi connectivity index (χ3v) is 8.16. The van der Waals surface area contributed by atoms with E-state index in [1.807, 2.05) is 49.4 Å². The van der Waals surface area contributed by atoms with Crippen molar-refractivity contribution in [2.75, 3.05) is 18.6 Å². The number of carbonyl (C=O) groups excluding carboxylic acids is 1. The fourth-order valence-electron chi connectivity index (χ4n) is 6.25. The standard InChI is InChI=1S/C29H35N3O5/c1-18-11-12-22-24(31(18)29(36)37-2)13-14-25-27(22)30-26(32(25)21-10-6-7-19(15-21)17-33)16-23(28(34)35)20-8-4-3-5-9-20/h3-5,8-9,13-14,18-19,21,23,33H,6-7,10-12,15-17H2,1-2H3,(H,34,35)/t18-,19+,21+,23?/m0/s1. The minimum atomic E-state index is -0.880. The van der Waals surface area contributed by atoms with Gasteiger partial charge in [-0.05, 0) is 62.6 Å². The van der Waals surface area contributed by atoms with Gasteiger partial charge in [-0.25, -0.2) is 9.78 Å². The number of carboxylic acids is 1. The highest BCUT2D eigenvalue weighted by molar-refractivity contribution is 5.95. The molecule has 1 aromatic heterocycles. The van der Waals surface area contributed by atoms with Crippen molar-refractivity contribution in [2.45, 2.75) is 69.9 Å². The average Bonchev–Trinajstić information content (AvgIpc) is 3.30. The number of fused-ring (bicyclic) bond motifs is 3. The van der Waals surface area contributed by atoms with Crippen LogP contribution < -0.4 is 4.90 Å². The van der Waals surface area contributed by atoms with Crippen LogP contribution in [0.25, 0.3) is 11.0 Å². The van der Waals surface area contributed by atoms with Crippen molar-refractivity contribution < 1.29 is 24.5 Å². The molecule has 1 aliphatic heterocycles. The zero-order chi connectivity index (χ0) is 26.1. The number of aliphatic hydroxyl groups excluding tert-OH is 1. The van der Waals surface area contributed by atoms with Crippen molar-refractivity contribution in [2.24, 2.45) is 5.92 Å². The molecule has 4 atom stereocenters. The van der Waals surface area contributed by atoms with Crippen molar-refractivity contribution in [3.8, 4) is 0 Å². The summed E-state index contributed by atoms with van der Waals surface area (Å²) < 4.78 is 7.31. The molecule has 1 fully saturated rings. The number of aryl methyl sites for hydroxylation is 1. The topological polar surface area (TPSA) is 105 Å². The van der Waals surface area contributed by atoms with Crippen LogP contribution in [0.2, 0.25) is 0 Å². The molecule has 2 N–H and O–H groups in total. The van der Waals surface area contributed by atoms with Crippen LogP contribution in [0.3, 0.4) is 0 Å². The van der Waals surface area contributed by atoms with Crippen molar-refractivity contribution in [3.05, 3.63) is 59.4 Å². The molecule has 0 bridgehead atoms. The lowest BCUT2D eigenvalue weighted by Crippen LogP contribution is -2.42. The van der Waals surface area contributed by atoms with E-state index >= 15 is 0 Å². The molecule has 5 rings (SSSR count). The number of aromatic nitrogens is 2. The van der Waals surface area contributed by atoms with E-state index in [2.05, 4.69) is 4.57 Å². The molecule has 2 aromatic carbocycles. The van der Waals surface area contributed by atoms with E-state index in [1.54, 1.807) is 4.90 Å². The molecular weight excluding hydrogens is 470 g/mol. The number of carbonyl (C=O) groups is 2. The van der Waals surface area contributed by atoms with Gasteiger partial charge in [0.25, 0.3) is 0 Å². The van der Waals surface area contributed by atoms with Crippen molar-refractivity contribution >= 4 is 28.8 Å². The Morgan fingerprint density at radius 2 is 1.92 bits per heavy atom. The lowest BCUT2D eigenvalue weighted by Gasteiger charge is -2.34. The Bertz CT molecular complexity index is 1290. The molecule has 2 aliphatic rings. The highest BCUT2D eigenvalue weighted by atomic mass is 16.5. The first kappa shape index (κ1) is 25.3. The van der Waals surface area contributed by atoms with Crippen molar-refractivity contribution in [3.63, 3.8) is 0 Å². The molecule has 196 valence electrons. The molecule has 1 unspecified atom stereocenters. The molecule has 1 amide bonds. The first-order valence-corrected chi connectivity index (χ1v) is 13.2. The predicted octanol–water partition coefficient (Wildman–Crippen LogP) is 5.08. The van der Waals surface area contributed by atoms with E-state index < -0.39 is 11.9 Å². The maximum atomic E-state index is 12.6. The van der Waals surface area contributed by atoms with E-state index in [4.69, 9.17) is 9.72 Å². The van der Waals surface area contributed by atoms with E-state index in [9.17, 15) is 19.8 Å². The fourth-order valence-corrected chi connectivity index (χ4v) is 6.25. The molecule has 1 saturated carbocycles. The number of methoxy groups -OCH3 is 1. The van der Waals surface area contributed by atoms with Gasteiger partial charge in [0.05, 0.1) is 29.7 Å². The molecule has 0 saturated heterocycles. The summed E-state index contributed by atoms with van der Waals surface area (Å²) in [4.78, 5) is 31.8. The van der Waals surface area contributed by atoms with Gasteiger partial charge in [0, 0.05) is 30.7 Å². The van der Waals surface area contributed by atoms with E-state index in [1.165, 1.54) is 7.11 Å². The molecule has 1 aliphatic carbocycles. The van der Waals surface area contributed by atoms with Crippen molar-refractivity contribution in [1.82, 2.24) is 9.55 Å². The second-order valence-electron chi connectivity index (χ2n) is 10.4. The summed E-state index contributed by atoms with van der Waals surface area (Å²) in [5.41, 5.74) is 4.36. The second-order valence-corrected chi connectivity index (χ2v) is 10.4. The number of aliphatic carboxylic acids is 1. The van der Waals surface area contributed by atoms with Gasteiger partial charge in [-0.2, -0.15) is 0 Å². The molecule has 0 spiro atoms. The second kappa shape index (κ2) is 10.5. The number of aliphatic hydroxyl groups is 1. The summed E-state index contributed by atoms with van der Waals surface area (Å²) in [7, 11) is 1.39. The molecule has 3 aromatic rings. The van der Waals surface area contributed by atoms with Gasteiger partial charge < -0.3 is 19.5 Å². The van der Waals surface area contributed by atoms with Gasteiger partial charge in [0.15, 0.2) is 0 Å². The van der Waals surface area contributed by atoms with Crippen LogP contribution in [0.15, 0.2) is 42.5 Å². The third kappa shape index (κ3) is 4.70. The molecule has 2 heterocycles. The number of hydrogen-bond acceptors (Lipinski definition) is 5. The van der Waals surface area contributed by atoms with Crippen LogP contribution in [-0.2, 0) is 22.4 Å². The van der Waals surface area contributed by atoms with Gasteiger partial charge in [-0.3, -0.25) is 9.69 Å². The van der Waals surface area contributed by atoms with Crippen molar-refractivity contribution in [1.29, 1.82) is 0 Å². The van der Waals surface area contributed by atoms with Crippen LogP contribution in [0.1, 0.15) is 67.9 Å². The fraction of sp³-hybridized carbons (Fsp3) is 0.483.